The van der Waals surface area contributed by atoms with E-state index in [1.165, 1.54) is 10.6 Å². The number of ether oxygens (including phenoxy) is 2. The number of hydrogen-bond acceptors (Lipinski definition) is 7. The number of sulfone groups is 1. The topological polar surface area (TPSA) is 100 Å². The smallest absolute Gasteiger partial charge is 0.250 e. The van der Waals surface area contributed by atoms with Crippen molar-refractivity contribution in [1.82, 2.24) is 14.5 Å². The quantitative estimate of drug-likeness (QED) is 0.416. The van der Waals surface area contributed by atoms with Crippen LogP contribution < -0.4 is 15.0 Å². The molecule has 0 aliphatic heterocycles. The summed E-state index contributed by atoms with van der Waals surface area (Å²) in [4.78, 5) is 21.1. The number of rotatable bonds is 6. The maximum absolute atomic E-state index is 12.6. The van der Waals surface area contributed by atoms with Crippen LogP contribution in [0.15, 0.2) is 70.7 Å². The molecule has 0 amide bonds. The molecular weight excluding hydrogens is 430 g/mol. The van der Waals surface area contributed by atoms with Gasteiger partial charge in [0.1, 0.15) is 0 Å². The molecule has 0 aliphatic rings. The zero-order valence-electron chi connectivity index (χ0n) is 17.8. The van der Waals surface area contributed by atoms with Crippen LogP contribution in [-0.4, -0.2) is 43.4 Å². The molecule has 9 heteroatoms. The molecule has 2 aromatic carbocycles. The second-order valence-corrected chi connectivity index (χ2v) is 9.13. The molecule has 0 aliphatic carbocycles. The minimum atomic E-state index is -3.62. The van der Waals surface area contributed by atoms with Crippen LogP contribution in [0.1, 0.15) is 5.56 Å². The first-order chi connectivity index (χ1) is 15.3. The monoisotopic (exact) mass is 451 g/mol. The first-order valence-corrected chi connectivity index (χ1v) is 11.6. The molecule has 0 atom stereocenters. The SMILES string of the molecule is COc1ccc(Cn2cc(-c3nc(S(C)(=O)=O)nc4ccccc34)ccc2=O)cc1OC. The Hall–Kier alpha value is -3.72. The lowest BCUT2D eigenvalue weighted by atomic mass is 10.1. The van der Waals surface area contributed by atoms with E-state index in [0.29, 0.717) is 33.7 Å². The highest BCUT2D eigenvalue weighted by Crippen LogP contribution is 2.29. The van der Waals surface area contributed by atoms with Gasteiger partial charge in [0.15, 0.2) is 11.5 Å². The summed E-state index contributed by atoms with van der Waals surface area (Å²) < 4.78 is 36.4. The number of nitrogens with zero attached hydrogens (tertiary/aromatic N) is 3. The molecule has 2 heterocycles. The van der Waals surface area contributed by atoms with Crippen molar-refractivity contribution >= 4 is 20.7 Å². The van der Waals surface area contributed by atoms with Crippen molar-refractivity contribution in [3.8, 4) is 22.8 Å². The summed E-state index contributed by atoms with van der Waals surface area (Å²) in [5.74, 6) is 1.16. The lowest BCUT2D eigenvalue weighted by molar-refractivity contribution is 0.354. The second-order valence-electron chi connectivity index (χ2n) is 7.22. The first kappa shape index (κ1) is 21.5. The largest absolute Gasteiger partial charge is 0.493 e. The van der Waals surface area contributed by atoms with Crippen molar-refractivity contribution in [1.29, 1.82) is 0 Å². The minimum absolute atomic E-state index is 0.203. The molecule has 32 heavy (non-hydrogen) atoms. The highest BCUT2D eigenvalue weighted by atomic mass is 32.2. The van der Waals surface area contributed by atoms with Crippen LogP contribution in [0.5, 0.6) is 11.5 Å². The summed E-state index contributed by atoms with van der Waals surface area (Å²) in [7, 11) is -0.515. The molecule has 0 fully saturated rings. The maximum atomic E-state index is 12.6. The molecule has 4 aromatic rings. The predicted molar refractivity (Wildman–Crippen MR) is 121 cm³/mol. The average molecular weight is 452 g/mol. The van der Waals surface area contributed by atoms with E-state index in [2.05, 4.69) is 9.97 Å². The van der Waals surface area contributed by atoms with E-state index in [1.807, 2.05) is 18.2 Å². The van der Waals surface area contributed by atoms with E-state index >= 15 is 0 Å². The Balaban J connectivity index is 1.83. The lowest BCUT2D eigenvalue weighted by Crippen LogP contribution is -2.19. The molecule has 0 saturated heterocycles. The van der Waals surface area contributed by atoms with Gasteiger partial charge >= 0.3 is 0 Å². The number of aromatic nitrogens is 3. The van der Waals surface area contributed by atoms with Gasteiger partial charge in [-0.1, -0.05) is 24.3 Å². The van der Waals surface area contributed by atoms with Crippen molar-refractivity contribution in [3.05, 3.63) is 76.7 Å². The Labute approximate surface area is 185 Å². The number of fused-ring (bicyclic) bond motifs is 1. The van der Waals surface area contributed by atoms with Gasteiger partial charge in [-0.15, -0.1) is 0 Å². The molecule has 2 aromatic heterocycles. The fourth-order valence-electron chi connectivity index (χ4n) is 3.41. The lowest BCUT2D eigenvalue weighted by Gasteiger charge is -2.13. The Morgan fingerprint density at radius 2 is 1.69 bits per heavy atom. The van der Waals surface area contributed by atoms with E-state index in [1.54, 1.807) is 50.7 Å². The molecule has 0 unspecified atom stereocenters. The van der Waals surface area contributed by atoms with Crippen LogP contribution in [0.25, 0.3) is 22.2 Å². The third-order valence-corrected chi connectivity index (χ3v) is 5.82. The van der Waals surface area contributed by atoms with Gasteiger partial charge in [0.05, 0.1) is 32.0 Å². The van der Waals surface area contributed by atoms with Crippen LogP contribution in [0.3, 0.4) is 0 Å². The standard InChI is InChI=1S/C23H21N3O5S/c1-30-19-10-8-15(12-20(19)31-2)13-26-14-16(9-11-21(26)27)22-17-6-4-5-7-18(17)24-23(25-22)32(3,28)29/h4-12,14H,13H2,1-3H3. The van der Waals surface area contributed by atoms with Gasteiger partial charge < -0.3 is 14.0 Å². The average Bonchev–Trinajstić information content (AvgIpc) is 2.79. The summed E-state index contributed by atoms with van der Waals surface area (Å²) >= 11 is 0. The van der Waals surface area contributed by atoms with E-state index in [9.17, 15) is 13.2 Å². The van der Waals surface area contributed by atoms with E-state index in [0.717, 1.165) is 11.8 Å². The number of pyridine rings is 1. The fraction of sp³-hybridized carbons (Fsp3) is 0.174. The van der Waals surface area contributed by atoms with Gasteiger partial charge in [0, 0.05) is 29.5 Å². The molecule has 0 spiro atoms. The molecule has 0 saturated carbocycles. The molecule has 8 nitrogen and oxygen atoms in total. The summed E-state index contributed by atoms with van der Waals surface area (Å²) in [5.41, 5.74) is 2.19. The van der Waals surface area contributed by atoms with Crippen LogP contribution in [0, 0.1) is 0 Å². The highest BCUT2D eigenvalue weighted by molar-refractivity contribution is 7.90. The Bertz CT molecular complexity index is 1480. The van der Waals surface area contributed by atoms with Crippen molar-refractivity contribution in [2.45, 2.75) is 11.7 Å². The van der Waals surface area contributed by atoms with Gasteiger partial charge in [-0.3, -0.25) is 4.79 Å². The molecule has 164 valence electrons. The maximum Gasteiger partial charge on any atom is 0.250 e. The summed E-state index contributed by atoms with van der Waals surface area (Å²) in [6.45, 7) is 0.287. The van der Waals surface area contributed by atoms with Crippen LogP contribution in [0.4, 0.5) is 0 Å². The third-order valence-electron chi connectivity index (χ3n) is 4.97. The van der Waals surface area contributed by atoms with Crippen molar-refractivity contribution in [2.75, 3.05) is 20.5 Å². The number of methoxy groups -OCH3 is 2. The minimum Gasteiger partial charge on any atom is -0.493 e. The van der Waals surface area contributed by atoms with Gasteiger partial charge in [0.2, 0.25) is 15.0 Å². The Kier molecular flexibility index (Phi) is 5.67. The summed E-state index contributed by atoms with van der Waals surface area (Å²) in [5, 5.41) is 0.431. The number of benzene rings is 2. The molecule has 4 rings (SSSR count). The first-order valence-electron chi connectivity index (χ1n) is 9.69. The zero-order chi connectivity index (χ0) is 22.9. The van der Waals surface area contributed by atoms with E-state index < -0.39 is 9.84 Å². The van der Waals surface area contributed by atoms with Gasteiger partial charge in [-0.25, -0.2) is 18.4 Å². The van der Waals surface area contributed by atoms with Gasteiger partial charge in [-0.05, 0) is 29.8 Å². The fourth-order valence-corrected chi connectivity index (χ4v) is 3.93. The van der Waals surface area contributed by atoms with Gasteiger partial charge in [0.25, 0.3) is 5.56 Å². The third kappa shape index (κ3) is 4.19. The van der Waals surface area contributed by atoms with E-state index in [4.69, 9.17) is 9.47 Å². The highest BCUT2D eigenvalue weighted by Gasteiger charge is 2.17. The molecule has 0 N–H and O–H groups in total. The van der Waals surface area contributed by atoms with Crippen molar-refractivity contribution in [2.24, 2.45) is 0 Å². The summed E-state index contributed by atoms with van der Waals surface area (Å²) in [6, 6.07) is 15.7. The molecular formula is C23H21N3O5S. The van der Waals surface area contributed by atoms with Crippen LogP contribution in [-0.2, 0) is 16.4 Å². The molecule has 0 radical (unpaired) electrons. The van der Waals surface area contributed by atoms with Crippen molar-refractivity contribution in [3.63, 3.8) is 0 Å². The van der Waals surface area contributed by atoms with Crippen LogP contribution in [0.2, 0.25) is 0 Å². The second kappa shape index (κ2) is 8.43. The zero-order valence-corrected chi connectivity index (χ0v) is 18.6. The predicted octanol–water partition coefficient (Wildman–Crippen LogP) is 2.93. The molecule has 0 bridgehead atoms. The van der Waals surface area contributed by atoms with Crippen LogP contribution >= 0.6 is 0 Å². The van der Waals surface area contributed by atoms with Crippen molar-refractivity contribution < 1.29 is 17.9 Å². The number of para-hydroxylation sites is 1. The Morgan fingerprint density at radius 3 is 2.41 bits per heavy atom. The normalized spacial score (nSPS) is 11.5. The Morgan fingerprint density at radius 1 is 0.938 bits per heavy atom. The van der Waals surface area contributed by atoms with Gasteiger partial charge in [-0.2, -0.15) is 0 Å². The summed E-state index contributed by atoms with van der Waals surface area (Å²) in [6.07, 6.45) is 2.73. The number of hydrogen-bond donors (Lipinski definition) is 0. The van der Waals surface area contributed by atoms with E-state index in [-0.39, 0.29) is 17.3 Å².